The van der Waals surface area contributed by atoms with Crippen LogP contribution in [0.25, 0.3) is 22.6 Å². The van der Waals surface area contributed by atoms with Gasteiger partial charge in [0.25, 0.3) is 0 Å². The molecule has 0 saturated heterocycles. The number of aromatic nitrogens is 2. The highest BCUT2D eigenvalue weighted by Gasteiger charge is 2.07. The predicted molar refractivity (Wildman–Crippen MR) is 80.7 cm³/mol. The Hall–Kier alpha value is -2.55. The van der Waals surface area contributed by atoms with E-state index in [1.807, 2.05) is 42.6 Å². The average molecular weight is 264 g/mol. The van der Waals surface area contributed by atoms with Gasteiger partial charge in [-0.25, -0.2) is 4.98 Å². The molecular weight excluding hydrogens is 248 g/mol. The highest BCUT2D eigenvalue weighted by atomic mass is 16.5. The van der Waals surface area contributed by atoms with Gasteiger partial charge in [-0.15, -0.1) is 0 Å². The minimum Gasteiger partial charge on any atom is -0.497 e. The maximum atomic E-state index is 5.25. The van der Waals surface area contributed by atoms with Crippen LogP contribution in [0.2, 0.25) is 0 Å². The van der Waals surface area contributed by atoms with Gasteiger partial charge in [-0.1, -0.05) is 36.4 Å². The number of hydrogen-bond acceptors (Lipinski definition) is 2. The van der Waals surface area contributed by atoms with Crippen LogP contribution in [-0.2, 0) is 0 Å². The molecule has 3 rings (SSSR count). The molecule has 0 aliphatic rings. The molecule has 3 heteroatoms. The van der Waals surface area contributed by atoms with Crippen molar-refractivity contribution in [1.82, 2.24) is 9.97 Å². The average Bonchev–Trinajstić information content (AvgIpc) is 2.97. The molecule has 0 bridgehead atoms. The molecule has 0 aliphatic carbocycles. The molecule has 0 aliphatic heterocycles. The third kappa shape index (κ3) is 2.30. The number of methoxy groups -OCH3 is 1. The topological polar surface area (TPSA) is 37.9 Å². The Bertz CT molecular complexity index is 731. The van der Waals surface area contributed by atoms with Crippen molar-refractivity contribution in [3.63, 3.8) is 0 Å². The molecule has 0 amide bonds. The lowest BCUT2D eigenvalue weighted by atomic mass is 10.1. The zero-order chi connectivity index (χ0) is 13.9. The summed E-state index contributed by atoms with van der Waals surface area (Å²) in [7, 11) is 1.67. The number of aromatic amines is 1. The van der Waals surface area contributed by atoms with Gasteiger partial charge in [-0.3, -0.25) is 0 Å². The Morgan fingerprint density at radius 3 is 2.70 bits per heavy atom. The number of nitrogens with one attached hydrogen (secondary N) is 1. The third-order valence-corrected chi connectivity index (χ3v) is 3.35. The van der Waals surface area contributed by atoms with E-state index in [4.69, 9.17) is 4.74 Å². The van der Waals surface area contributed by atoms with Gasteiger partial charge in [-0.05, 0) is 24.6 Å². The number of hydrogen-bond donors (Lipinski definition) is 1. The van der Waals surface area contributed by atoms with Crippen molar-refractivity contribution in [1.29, 1.82) is 0 Å². The molecule has 100 valence electrons. The van der Waals surface area contributed by atoms with E-state index in [2.05, 4.69) is 29.0 Å². The second-order valence-corrected chi connectivity index (χ2v) is 4.69. The Kier molecular flexibility index (Phi) is 3.25. The van der Waals surface area contributed by atoms with Crippen molar-refractivity contribution in [2.24, 2.45) is 0 Å². The summed E-state index contributed by atoms with van der Waals surface area (Å²) < 4.78 is 5.25. The summed E-state index contributed by atoms with van der Waals surface area (Å²) in [6, 6.07) is 16.1. The van der Waals surface area contributed by atoms with E-state index in [0.717, 1.165) is 22.8 Å². The van der Waals surface area contributed by atoms with Gasteiger partial charge in [0, 0.05) is 11.1 Å². The fraction of sp³-hybridized carbons (Fsp3) is 0.118. The molecule has 1 heterocycles. The van der Waals surface area contributed by atoms with Crippen LogP contribution in [0.5, 0.6) is 5.75 Å². The number of H-pyrrole nitrogens is 1. The second kappa shape index (κ2) is 5.21. The van der Waals surface area contributed by atoms with Crippen molar-refractivity contribution < 1.29 is 4.74 Å². The van der Waals surface area contributed by atoms with Crippen LogP contribution in [-0.4, -0.2) is 17.1 Å². The quantitative estimate of drug-likeness (QED) is 0.774. The minimum atomic E-state index is 0.830. The number of aryl methyl sites for hydroxylation is 1. The minimum absolute atomic E-state index is 0.830. The largest absolute Gasteiger partial charge is 0.497 e. The third-order valence-electron chi connectivity index (χ3n) is 3.35. The highest BCUT2D eigenvalue weighted by Crippen LogP contribution is 2.26. The number of benzene rings is 2. The van der Waals surface area contributed by atoms with Crippen molar-refractivity contribution in [3.05, 3.63) is 60.3 Å². The molecule has 0 spiro atoms. The van der Waals surface area contributed by atoms with E-state index < -0.39 is 0 Å². The zero-order valence-electron chi connectivity index (χ0n) is 11.6. The zero-order valence-corrected chi connectivity index (χ0v) is 11.6. The lowest BCUT2D eigenvalue weighted by Gasteiger charge is -2.03. The molecule has 0 saturated carbocycles. The van der Waals surface area contributed by atoms with E-state index in [9.17, 15) is 0 Å². The summed E-state index contributed by atoms with van der Waals surface area (Å²) in [5, 5.41) is 0. The SMILES string of the molecule is COc1cccc(-c2ncc(-c3ccccc3C)[nH]2)c1. The van der Waals surface area contributed by atoms with Crippen molar-refractivity contribution in [3.8, 4) is 28.4 Å². The Morgan fingerprint density at radius 2 is 1.90 bits per heavy atom. The first kappa shape index (κ1) is 12.5. The van der Waals surface area contributed by atoms with Gasteiger partial charge in [0.2, 0.25) is 0 Å². The van der Waals surface area contributed by atoms with Crippen molar-refractivity contribution >= 4 is 0 Å². The van der Waals surface area contributed by atoms with Crippen molar-refractivity contribution in [2.45, 2.75) is 6.92 Å². The molecule has 2 aromatic carbocycles. The molecule has 1 N–H and O–H groups in total. The lowest BCUT2D eigenvalue weighted by Crippen LogP contribution is -1.86. The Balaban J connectivity index is 2.00. The summed E-state index contributed by atoms with van der Waals surface area (Å²) in [5.74, 6) is 1.68. The fourth-order valence-corrected chi connectivity index (χ4v) is 2.25. The fourth-order valence-electron chi connectivity index (χ4n) is 2.25. The summed E-state index contributed by atoms with van der Waals surface area (Å²) in [4.78, 5) is 7.84. The number of imidazole rings is 1. The van der Waals surface area contributed by atoms with E-state index in [1.54, 1.807) is 7.11 Å². The van der Waals surface area contributed by atoms with Crippen LogP contribution in [0.3, 0.4) is 0 Å². The van der Waals surface area contributed by atoms with Crippen LogP contribution in [0.4, 0.5) is 0 Å². The maximum Gasteiger partial charge on any atom is 0.137 e. The predicted octanol–water partition coefficient (Wildman–Crippen LogP) is 4.06. The van der Waals surface area contributed by atoms with Gasteiger partial charge < -0.3 is 9.72 Å². The summed E-state index contributed by atoms with van der Waals surface area (Å²) in [6.07, 6.45) is 1.87. The lowest BCUT2D eigenvalue weighted by molar-refractivity contribution is 0.415. The molecular formula is C17H16N2O. The van der Waals surface area contributed by atoms with Crippen LogP contribution in [0.15, 0.2) is 54.7 Å². The van der Waals surface area contributed by atoms with Gasteiger partial charge in [0.1, 0.15) is 11.6 Å². The normalized spacial score (nSPS) is 10.5. The van der Waals surface area contributed by atoms with Crippen LogP contribution < -0.4 is 4.74 Å². The summed E-state index contributed by atoms with van der Waals surface area (Å²) >= 11 is 0. The van der Waals surface area contributed by atoms with E-state index in [-0.39, 0.29) is 0 Å². The van der Waals surface area contributed by atoms with Gasteiger partial charge >= 0.3 is 0 Å². The van der Waals surface area contributed by atoms with Gasteiger partial charge in [0.05, 0.1) is 19.0 Å². The number of rotatable bonds is 3. The molecule has 0 radical (unpaired) electrons. The molecule has 0 unspecified atom stereocenters. The molecule has 20 heavy (non-hydrogen) atoms. The number of nitrogens with zero attached hydrogens (tertiary/aromatic N) is 1. The first-order valence-electron chi connectivity index (χ1n) is 6.53. The molecule has 0 atom stereocenters. The van der Waals surface area contributed by atoms with Gasteiger partial charge in [0.15, 0.2) is 0 Å². The first-order chi connectivity index (χ1) is 9.78. The Labute approximate surface area is 118 Å². The van der Waals surface area contributed by atoms with E-state index in [0.29, 0.717) is 0 Å². The van der Waals surface area contributed by atoms with Gasteiger partial charge in [-0.2, -0.15) is 0 Å². The summed E-state index contributed by atoms with van der Waals surface area (Å²) in [6.45, 7) is 2.10. The molecule has 0 fully saturated rings. The highest BCUT2D eigenvalue weighted by molar-refractivity contribution is 5.67. The Morgan fingerprint density at radius 1 is 1.05 bits per heavy atom. The van der Waals surface area contributed by atoms with E-state index in [1.165, 1.54) is 11.1 Å². The maximum absolute atomic E-state index is 5.25. The van der Waals surface area contributed by atoms with Crippen LogP contribution in [0.1, 0.15) is 5.56 Å². The summed E-state index contributed by atoms with van der Waals surface area (Å²) in [5.41, 5.74) is 4.45. The number of ether oxygens (including phenoxy) is 1. The van der Waals surface area contributed by atoms with Crippen LogP contribution >= 0.6 is 0 Å². The molecule has 3 aromatic rings. The second-order valence-electron chi connectivity index (χ2n) is 4.69. The monoisotopic (exact) mass is 264 g/mol. The van der Waals surface area contributed by atoms with E-state index >= 15 is 0 Å². The van der Waals surface area contributed by atoms with Crippen LogP contribution in [0, 0.1) is 6.92 Å². The molecule has 1 aromatic heterocycles. The smallest absolute Gasteiger partial charge is 0.137 e. The first-order valence-corrected chi connectivity index (χ1v) is 6.53. The van der Waals surface area contributed by atoms with Crippen molar-refractivity contribution in [2.75, 3.05) is 7.11 Å². The molecule has 3 nitrogen and oxygen atoms in total. The standard InChI is InChI=1S/C17H16N2O/c1-12-6-3-4-9-15(12)16-11-18-17(19-16)13-7-5-8-14(10-13)20-2/h3-11H,1-2H3,(H,18,19).